The predicted octanol–water partition coefficient (Wildman–Crippen LogP) is 6.35. The van der Waals surface area contributed by atoms with Crippen molar-refractivity contribution in [2.24, 2.45) is 0 Å². The van der Waals surface area contributed by atoms with Gasteiger partial charge < -0.3 is 24.0 Å². The van der Waals surface area contributed by atoms with Crippen LogP contribution in [0.3, 0.4) is 0 Å². The number of halogens is 1. The number of carbonyl (C=O) groups excluding carboxylic acids is 2. The van der Waals surface area contributed by atoms with E-state index in [1.54, 1.807) is 36.5 Å². The fourth-order valence-corrected chi connectivity index (χ4v) is 12.7. The smallest absolute Gasteiger partial charge is 0.351 e. The highest BCUT2D eigenvalue weighted by Crippen LogP contribution is 2.54. The Morgan fingerprint density at radius 1 is 0.907 bits per heavy atom. The van der Waals surface area contributed by atoms with E-state index < -0.39 is 50.1 Å². The number of hydrogen-bond acceptors (Lipinski definition) is 8. The average Bonchev–Trinajstić information content (AvgIpc) is 3.67. The number of amides is 1. The van der Waals surface area contributed by atoms with E-state index in [4.69, 9.17) is 18.6 Å². The van der Waals surface area contributed by atoms with Gasteiger partial charge in [-0.25, -0.2) is 4.79 Å². The summed E-state index contributed by atoms with van der Waals surface area (Å²) in [6, 6.07) is 38.6. The van der Waals surface area contributed by atoms with Gasteiger partial charge >= 0.3 is 11.7 Å². The van der Waals surface area contributed by atoms with Crippen LogP contribution in [0.5, 0.6) is 0 Å². The fraction of sp³-hybridized carbons (Fsp3) is 0.286. The van der Waals surface area contributed by atoms with Crippen molar-refractivity contribution in [2.45, 2.75) is 69.3 Å². The third-order valence-corrected chi connectivity index (χ3v) is 15.7. The summed E-state index contributed by atoms with van der Waals surface area (Å²) in [5, 5.41) is 4.61. The Balaban J connectivity index is 1.23. The molecule has 12 heteroatoms. The molecule has 2 saturated heterocycles. The summed E-state index contributed by atoms with van der Waals surface area (Å²) in [7, 11) is -3.00. The van der Waals surface area contributed by atoms with Crippen molar-refractivity contribution in [3.8, 4) is 0 Å². The first kappa shape index (κ1) is 37.6. The van der Waals surface area contributed by atoms with Gasteiger partial charge in [0.25, 0.3) is 14.2 Å². The molecule has 0 spiro atoms. The van der Waals surface area contributed by atoms with Gasteiger partial charge in [-0.2, -0.15) is 4.98 Å². The van der Waals surface area contributed by atoms with Crippen LogP contribution in [0.25, 0.3) is 0 Å². The summed E-state index contributed by atoms with van der Waals surface area (Å²) in [5.74, 6) is -0.763. The Morgan fingerprint density at radius 2 is 1.50 bits per heavy atom. The second-order valence-corrected chi connectivity index (χ2v) is 19.9. The second kappa shape index (κ2) is 15.2. The van der Waals surface area contributed by atoms with E-state index in [-0.39, 0.29) is 29.8 Å². The van der Waals surface area contributed by atoms with Gasteiger partial charge in [0, 0.05) is 29.6 Å². The minimum absolute atomic E-state index is 0.112. The molecule has 54 heavy (non-hydrogen) atoms. The molecule has 2 fully saturated rings. The third-order valence-electron chi connectivity index (χ3n) is 10.2. The molecule has 7 rings (SSSR count). The topological polar surface area (TPSA) is 118 Å². The van der Waals surface area contributed by atoms with Crippen molar-refractivity contribution in [2.75, 3.05) is 11.9 Å². The first-order valence-electron chi connectivity index (χ1n) is 17.9. The molecule has 5 aromatic rings. The number of nitrogens with one attached hydrogen (secondary N) is 1. The molecule has 0 radical (unpaired) electrons. The first-order valence-corrected chi connectivity index (χ1v) is 20.6. The largest absolute Gasteiger partial charge is 0.457 e. The van der Waals surface area contributed by atoms with E-state index in [1.807, 2.05) is 66.7 Å². The van der Waals surface area contributed by atoms with Crippen LogP contribution in [0, 0.1) is 0 Å². The van der Waals surface area contributed by atoms with Gasteiger partial charge in [0.15, 0.2) is 6.10 Å². The maximum Gasteiger partial charge on any atom is 0.351 e. The molecule has 10 nitrogen and oxygen atoms in total. The third kappa shape index (κ3) is 7.12. The van der Waals surface area contributed by atoms with E-state index in [2.05, 4.69) is 71.3 Å². The normalized spacial score (nSPS) is 22.4. The molecule has 0 unspecified atom stereocenters. The van der Waals surface area contributed by atoms with Crippen LogP contribution < -0.4 is 21.4 Å². The highest BCUT2D eigenvalue weighted by Gasteiger charge is 2.64. The minimum Gasteiger partial charge on any atom is -0.457 e. The van der Waals surface area contributed by atoms with Gasteiger partial charge in [-0.3, -0.25) is 14.2 Å². The number of anilines is 1. The number of hydrogen-bond donors (Lipinski definition) is 1. The first-order chi connectivity index (χ1) is 25.9. The summed E-state index contributed by atoms with van der Waals surface area (Å²) in [5.41, 5.74) is -0.498. The molecule has 1 aromatic heterocycles. The van der Waals surface area contributed by atoms with Gasteiger partial charge in [-0.15, -0.1) is 0 Å². The van der Waals surface area contributed by atoms with Crippen molar-refractivity contribution in [3.63, 3.8) is 0 Å². The van der Waals surface area contributed by atoms with Crippen LogP contribution in [-0.4, -0.2) is 54.7 Å². The monoisotopic (exact) mass is 807 g/mol. The molecular weight excluding hydrogens is 766 g/mol. The van der Waals surface area contributed by atoms with E-state index >= 15 is 0 Å². The molecular formula is C42H42BrN3O7Si. The molecule has 278 valence electrons. The molecule has 1 N–H and O–H groups in total. The number of carbonyl (C=O) groups is 2. The van der Waals surface area contributed by atoms with Crippen molar-refractivity contribution >= 4 is 52.3 Å². The molecule has 3 heterocycles. The van der Waals surface area contributed by atoms with Crippen molar-refractivity contribution in [1.29, 1.82) is 0 Å². The molecule has 2 aliphatic rings. The zero-order chi connectivity index (χ0) is 38.1. The Morgan fingerprint density at radius 3 is 2.06 bits per heavy atom. The van der Waals surface area contributed by atoms with Crippen molar-refractivity contribution < 1.29 is 28.2 Å². The quantitative estimate of drug-likeness (QED) is 0.128. The lowest BCUT2D eigenvalue weighted by molar-refractivity contribution is -0.159. The zero-order valence-electron chi connectivity index (χ0n) is 30.5. The number of rotatable bonds is 10. The molecule has 4 aromatic carbocycles. The van der Waals surface area contributed by atoms with Crippen LogP contribution in [0.2, 0.25) is 5.04 Å². The van der Waals surface area contributed by atoms with Crippen LogP contribution in [-0.2, 0) is 29.0 Å². The summed E-state index contributed by atoms with van der Waals surface area (Å²) < 4.78 is 29.4. The lowest BCUT2D eigenvalue weighted by Crippen LogP contribution is -2.67. The number of aromatic nitrogens is 2. The minimum atomic E-state index is -3.00. The van der Waals surface area contributed by atoms with E-state index in [0.29, 0.717) is 5.56 Å². The fourth-order valence-electron chi connectivity index (χ4n) is 7.85. The molecule has 1 amide bonds. The summed E-state index contributed by atoms with van der Waals surface area (Å²) >= 11 is 3.55. The average molecular weight is 809 g/mol. The summed E-state index contributed by atoms with van der Waals surface area (Å²) in [6.45, 7) is 8.09. The number of fused-ring (bicyclic) bond motifs is 1. The Labute approximate surface area is 323 Å². The predicted molar refractivity (Wildman–Crippen MR) is 211 cm³/mol. The Kier molecular flexibility index (Phi) is 10.6. The lowest BCUT2D eigenvalue weighted by Gasteiger charge is -2.43. The van der Waals surface area contributed by atoms with Crippen molar-refractivity contribution in [1.82, 2.24) is 9.55 Å². The Hall–Kier alpha value is -4.72. The molecule has 2 aliphatic heterocycles. The van der Waals surface area contributed by atoms with Gasteiger partial charge in [0.1, 0.15) is 29.9 Å². The summed E-state index contributed by atoms with van der Waals surface area (Å²) in [4.78, 5) is 43.2. The standard InChI is InChI=1S/C42H42BrN3O7Si/c1-28(47)51-37-34(27-50-54(41(2,3)4,32-16-10-6-11-17-32)33-18-12-7-13-19-33)53-42(30-20-22-31(43)23-21-30)26-36(52-38(37)42)46-25-24-35(45-40(46)49)44-39(48)29-14-8-5-9-15-29/h5-25,34,36-38H,26-27H2,1-4H3,(H,44,45,48,49)/t34-,36+,37-,38-,42+/m1/s1. The van der Waals surface area contributed by atoms with E-state index in [1.165, 1.54) is 11.5 Å². The van der Waals surface area contributed by atoms with Gasteiger partial charge in [-0.1, -0.05) is 128 Å². The lowest BCUT2D eigenvalue weighted by atomic mass is 9.86. The van der Waals surface area contributed by atoms with Gasteiger partial charge in [0.05, 0.1) is 6.61 Å². The number of benzene rings is 4. The van der Waals surface area contributed by atoms with Crippen LogP contribution in [0.4, 0.5) is 5.82 Å². The Bertz CT molecular complexity index is 2120. The highest BCUT2D eigenvalue weighted by atomic mass is 79.9. The molecule has 5 atom stereocenters. The number of nitrogens with zero attached hydrogens (tertiary/aromatic N) is 2. The van der Waals surface area contributed by atoms with Crippen molar-refractivity contribution in [3.05, 3.63) is 154 Å². The summed E-state index contributed by atoms with van der Waals surface area (Å²) in [6.07, 6.45) is -1.46. The zero-order valence-corrected chi connectivity index (χ0v) is 33.1. The SMILES string of the molecule is CC(=O)O[C@H]1[C@H]2O[C@H](n3ccc(NC(=O)c4ccccc4)nc3=O)C[C@@]2(c2ccc(Br)cc2)O[C@@H]1CO[Si](c1ccccc1)(c1ccccc1)C(C)(C)C. The van der Waals surface area contributed by atoms with Gasteiger partial charge in [-0.05, 0) is 51.3 Å². The van der Waals surface area contributed by atoms with Crippen LogP contribution in [0.1, 0.15) is 56.3 Å². The molecule has 0 bridgehead atoms. The van der Waals surface area contributed by atoms with Crippen LogP contribution >= 0.6 is 15.9 Å². The van der Waals surface area contributed by atoms with Gasteiger partial charge in [0.2, 0.25) is 0 Å². The number of esters is 1. The highest BCUT2D eigenvalue weighted by molar-refractivity contribution is 9.10. The maximum atomic E-state index is 13.5. The van der Waals surface area contributed by atoms with E-state index in [0.717, 1.165) is 20.4 Å². The number of ether oxygens (including phenoxy) is 3. The molecule has 0 aliphatic carbocycles. The molecule has 0 saturated carbocycles. The second-order valence-electron chi connectivity index (χ2n) is 14.6. The van der Waals surface area contributed by atoms with E-state index in [9.17, 15) is 14.4 Å². The van der Waals surface area contributed by atoms with Crippen LogP contribution in [0.15, 0.2) is 137 Å². The maximum absolute atomic E-state index is 13.5.